The van der Waals surface area contributed by atoms with Crippen LogP contribution in [0.4, 0.5) is 0 Å². The van der Waals surface area contributed by atoms with Crippen LogP contribution in [0.1, 0.15) is 19.4 Å². The summed E-state index contributed by atoms with van der Waals surface area (Å²) in [7, 11) is -2.09. The molecule has 3 aromatic rings. The molecule has 0 aliphatic heterocycles. The Bertz CT molecular complexity index is 777. The Labute approximate surface area is 140 Å². The number of hydrogen-bond acceptors (Lipinski definition) is 1. The van der Waals surface area contributed by atoms with E-state index in [2.05, 4.69) is 93.2 Å². The molecule has 0 spiro atoms. The molecule has 1 unspecified atom stereocenters. The summed E-state index contributed by atoms with van der Waals surface area (Å²) in [5.74, 6) is 0. The summed E-state index contributed by atoms with van der Waals surface area (Å²) >= 11 is 0. The van der Waals surface area contributed by atoms with Gasteiger partial charge in [0.25, 0.3) is 0 Å². The Kier molecular flexibility index (Phi) is 4.65. The van der Waals surface area contributed by atoms with Crippen LogP contribution in [0.15, 0.2) is 72.8 Å². The molecule has 3 rings (SSSR count). The molecule has 0 radical (unpaired) electrons. The maximum Gasteiger partial charge on any atom is 0.226 e. The lowest BCUT2D eigenvalue weighted by atomic mass is 10.1. The van der Waals surface area contributed by atoms with Crippen LogP contribution in [-0.4, -0.2) is 14.4 Å². The van der Waals surface area contributed by atoms with Crippen LogP contribution in [0.5, 0.6) is 0 Å². The SMILES string of the molecule is CC(C)O[Si](C)(Cc1ccccc1)c1cccc2ccccc12. The van der Waals surface area contributed by atoms with Crippen molar-refractivity contribution in [3.05, 3.63) is 78.4 Å². The summed E-state index contributed by atoms with van der Waals surface area (Å²) in [6, 6.07) is 27.0. The second-order valence-electron chi connectivity index (χ2n) is 6.59. The molecule has 0 aromatic heterocycles. The Hall–Kier alpha value is -1.90. The minimum Gasteiger partial charge on any atom is -0.410 e. The third-order valence-electron chi connectivity index (χ3n) is 4.24. The highest BCUT2D eigenvalue weighted by Gasteiger charge is 2.34. The average Bonchev–Trinajstić information content (AvgIpc) is 2.54. The Morgan fingerprint density at radius 3 is 2.22 bits per heavy atom. The highest BCUT2D eigenvalue weighted by molar-refractivity contribution is 6.86. The van der Waals surface area contributed by atoms with E-state index in [1.165, 1.54) is 21.5 Å². The van der Waals surface area contributed by atoms with Gasteiger partial charge in [0.05, 0.1) is 0 Å². The van der Waals surface area contributed by atoms with Gasteiger partial charge in [-0.2, -0.15) is 0 Å². The van der Waals surface area contributed by atoms with E-state index in [0.717, 1.165) is 6.04 Å². The maximum absolute atomic E-state index is 6.57. The van der Waals surface area contributed by atoms with Gasteiger partial charge in [0, 0.05) is 6.10 Å². The van der Waals surface area contributed by atoms with E-state index in [1.54, 1.807) is 0 Å². The lowest BCUT2D eigenvalue weighted by Gasteiger charge is -2.31. The highest BCUT2D eigenvalue weighted by Crippen LogP contribution is 2.21. The summed E-state index contributed by atoms with van der Waals surface area (Å²) in [6.07, 6.45) is 0.231. The lowest BCUT2D eigenvalue weighted by Crippen LogP contribution is -2.52. The zero-order valence-electron chi connectivity index (χ0n) is 14.1. The molecule has 23 heavy (non-hydrogen) atoms. The van der Waals surface area contributed by atoms with Crippen molar-refractivity contribution in [2.24, 2.45) is 0 Å². The molecule has 0 bridgehead atoms. The third-order valence-corrected chi connectivity index (χ3v) is 7.89. The predicted molar refractivity (Wildman–Crippen MR) is 102 cm³/mol. The fraction of sp³-hybridized carbons (Fsp3) is 0.238. The van der Waals surface area contributed by atoms with Gasteiger partial charge in [-0.25, -0.2) is 0 Å². The molecule has 0 aliphatic carbocycles. The minimum atomic E-state index is -2.09. The standard InChI is InChI=1S/C21H24OSi/c1-17(2)22-23(3,16-18-10-5-4-6-11-18)21-15-9-13-19-12-7-8-14-20(19)21/h4-15,17H,16H2,1-3H3. The predicted octanol–water partition coefficient (Wildman–Crippen LogP) is 4.83. The number of hydrogen-bond donors (Lipinski definition) is 0. The van der Waals surface area contributed by atoms with Crippen molar-refractivity contribution in [2.75, 3.05) is 0 Å². The average molecular weight is 321 g/mol. The third kappa shape index (κ3) is 3.54. The topological polar surface area (TPSA) is 9.23 Å². The van der Waals surface area contributed by atoms with Crippen molar-refractivity contribution in [1.82, 2.24) is 0 Å². The summed E-state index contributed by atoms with van der Waals surface area (Å²) in [4.78, 5) is 0. The molecule has 1 atom stereocenters. The molecule has 0 saturated carbocycles. The molecule has 3 aromatic carbocycles. The van der Waals surface area contributed by atoms with Gasteiger partial charge in [-0.15, -0.1) is 0 Å². The van der Waals surface area contributed by atoms with Crippen molar-refractivity contribution in [3.8, 4) is 0 Å². The summed E-state index contributed by atoms with van der Waals surface area (Å²) in [5.41, 5.74) is 1.36. The molecule has 0 aliphatic rings. The van der Waals surface area contributed by atoms with Crippen LogP contribution in [-0.2, 0) is 10.5 Å². The summed E-state index contributed by atoms with van der Waals surface area (Å²) in [5, 5.41) is 4.03. The molecule has 0 amide bonds. The first-order valence-corrected chi connectivity index (χ1v) is 10.9. The van der Waals surface area contributed by atoms with Crippen molar-refractivity contribution >= 4 is 24.3 Å². The fourth-order valence-electron chi connectivity index (χ4n) is 3.39. The van der Waals surface area contributed by atoms with Crippen LogP contribution in [0.3, 0.4) is 0 Å². The Morgan fingerprint density at radius 1 is 0.826 bits per heavy atom. The van der Waals surface area contributed by atoms with E-state index in [4.69, 9.17) is 4.43 Å². The van der Waals surface area contributed by atoms with Gasteiger partial charge in [-0.05, 0) is 48.0 Å². The molecule has 1 nitrogen and oxygen atoms in total. The van der Waals surface area contributed by atoms with Gasteiger partial charge in [0.2, 0.25) is 8.32 Å². The molecule has 2 heteroatoms. The number of fused-ring (bicyclic) bond motifs is 1. The number of benzene rings is 3. The molecule has 0 heterocycles. The monoisotopic (exact) mass is 320 g/mol. The highest BCUT2D eigenvalue weighted by atomic mass is 28.4. The smallest absolute Gasteiger partial charge is 0.226 e. The number of rotatable bonds is 5. The first-order valence-electron chi connectivity index (χ1n) is 8.28. The second kappa shape index (κ2) is 6.69. The van der Waals surface area contributed by atoms with Crippen LogP contribution in [0.2, 0.25) is 6.55 Å². The molecule has 0 N–H and O–H groups in total. The van der Waals surface area contributed by atoms with E-state index in [0.29, 0.717) is 0 Å². The normalized spacial score (nSPS) is 14.1. The largest absolute Gasteiger partial charge is 0.410 e. The van der Waals surface area contributed by atoms with Crippen molar-refractivity contribution < 1.29 is 4.43 Å². The van der Waals surface area contributed by atoms with Gasteiger partial charge < -0.3 is 4.43 Å². The van der Waals surface area contributed by atoms with E-state index in [-0.39, 0.29) is 6.10 Å². The van der Waals surface area contributed by atoms with Gasteiger partial charge in [0.15, 0.2) is 0 Å². The van der Waals surface area contributed by atoms with Crippen LogP contribution < -0.4 is 5.19 Å². The molecular formula is C21H24OSi. The van der Waals surface area contributed by atoms with Gasteiger partial charge in [-0.1, -0.05) is 72.8 Å². The van der Waals surface area contributed by atoms with Gasteiger partial charge in [-0.3, -0.25) is 0 Å². The van der Waals surface area contributed by atoms with E-state index >= 15 is 0 Å². The van der Waals surface area contributed by atoms with Gasteiger partial charge >= 0.3 is 0 Å². The quantitative estimate of drug-likeness (QED) is 0.612. The molecule has 118 valence electrons. The van der Waals surface area contributed by atoms with Crippen molar-refractivity contribution in [2.45, 2.75) is 32.5 Å². The second-order valence-corrected chi connectivity index (χ2v) is 10.2. The van der Waals surface area contributed by atoms with E-state index in [1.807, 2.05) is 0 Å². The molecular weight excluding hydrogens is 296 g/mol. The zero-order chi connectivity index (χ0) is 16.3. The van der Waals surface area contributed by atoms with Crippen molar-refractivity contribution in [3.63, 3.8) is 0 Å². The van der Waals surface area contributed by atoms with Crippen LogP contribution in [0, 0.1) is 0 Å². The first kappa shape index (κ1) is 16.0. The summed E-state index contributed by atoms with van der Waals surface area (Å²) in [6.45, 7) is 6.63. The van der Waals surface area contributed by atoms with Crippen LogP contribution >= 0.6 is 0 Å². The van der Waals surface area contributed by atoms with E-state index in [9.17, 15) is 0 Å². The minimum absolute atomic E-state index is 0.231. The molecule has 0 fully saturated rings. The first-order chi connectivity index (χ1) is 11.1. The molecule has 0 saturated heterocycles. The van der Waals surface area contributed by atoms with Gasteiger partial charge in [0.1, 0.15) is 0 Å². The maximum atomic E-state index is 6.57. The Balaban J connectivity index is 2.10. The fourth-order valence-corrected chi connectivity index (χ4v) is 7.09. The van der Waals surface area contributed by atoms with Crippen LogP contribution in [0.25, 0.3) is 10.8 Å². The zero-order valence-corrected chi connectivity index (χ0v) is 15.1. The van der Waals surface area contributed by atoms with Crippen molar-refractivity contribution in [1.29, 1.82) is 0 Å². The van der Waals surface area contributed by atoms with E-state index < -0.39 is 8.32 Å². The lowest BCUT2D eigenvalue weighted by molar-refractivity contribution is 0.234. The Morgan fingerprint density at radius 2 is 1.48 bits per heavy atom. The summed E-state index contributed by atoms with van der Waals surface area (Å²) < 4.78 is 6.57.